The van der Waals surface area contributed by atoms with Gasteiger partial charge >= 0.3 is 0 Å². The van der Waals surface area contributed by atoms with Crippen LogP contribution >= 0.6 is 0 Å². The summed E-state index contributed by atoms with van der Waals surface area (Å²) in [7, 11) is 0. The number of para-hydroxylation sites is 1. The molecule has 2 aliphatic rings. The summed E-state index contributed by atoms with van der Waals surface area (Å²) < 4.78 is 7.97. The summed E-state index contributed by atoms with van der Waals surface area (Å²) in [6.07, 6.45) is 7.02. The minimum atomic E-state index is 0.663. The van der Waals surface area contributed by atoms with Gasteiger partial charge in [0.2, 0.25) is 0 Å². The standard InChI is InChI=1S/C18H22N2O/c1-2-4-18-16(3-1)17(15-5-8-19-9-6-15)12-20(18)11-14-7-10-21-13-14/h1-5,12,14,19H,6-11,13H2. The van der Waals surface area contributed by atoms with E-state index in [0.717, 1.165) is 39.3 Å². The van der Waals surface area contributed by atoms with Crippen LogP contribution in [0.1, 0.15) is 18.4 Å². The lowest BCUT2D eigenvalue weighted by atomic mass is 10.00. The van der Waals surface area contributed by atoms with Crippen LogP contribution in [0.15, 0.2) is 36.5 Å². The average molecular weight is 282 g/mol. The molecule has 0 spiro atoms. The Hall–Kier alpha value is -1.58. The van der Waals surface area contributed by atoms with Crippen LogP contribution in [0, 0.1) is 5.92 Å². The van der Waals surface area contributed by atoms with Gasteiger partial charge in [0.25, 0.3) is 0 Å². The molecule has 1 fully saturated rings. The lowest BCUT2D eigenvalue weighted by Gasteiger charge is -2.13. The summed E-state index contributed by atoms with van der Waals surface area (Å²) >= 11 is 0. The van der Waals surface area contributed by atoms with Crippen molar-refractivity contribution < 1.29 is 4.74 Å². The van der Waals surface area contributed by atoms with Crippen molar-refractivity contribution in [2.45, 2.75) is 19.4 Å². The quantitative estimate of drug-likeness (QED) is 0.936. The van der Waals surface area contributed by atoms with E-state index in [1.165, 1.54) is 28.5 Å². The molecule has 1 aromatic heterocycles. The summed E-state index contributed by atoms with van der Waals surface area (Å²) in [5.41, 5.74) is 4.27. The first-order chi connectivity index (χ1) is 10.4. The zero-order valence-corrected chi connectivity index (χ0v) is 12.3. The highest BCUT2D eigenvalue weighted by atomic mass is 16.5. The summed E-state index contributed by atoms with van der Waals surface area (Å²) in [6.45, 7) is 4.99. The molecule has 0 saturated carbocycles. The van der Waals surface area contributed by atoms with Crippen LogP contribution in [0.5, 0.6) is 0 Å². The highest BCUT2D eigenvalue weighted by Crippen LogP contribution is 2.31. The zero-order chi connectivity index (χ0) is 14.1. The highest BCUT2D eigenvalue weighted by Gasteiger charge is 2.19. The van der Waals surface area contributed by atoms with Gasteiger partial charge in [0.15, 0.2) is 0 Å². The molecule has 1 N–H and O–H groups in total. The van der Waals surface area contributed by atoms with Crippen LogP contribution in [0.2, 0.25) is 0 Å². The number of fused-ring (bicyclic) bond motifs is 1. The molecule has 1 atom stereocenters. The third-order valence-electron chi connectivity index (χ3n) is 4.68. The molecule has 3 heterocycles. The monoisotopic (exact) mass is 282 g/mol. The second-order valence-corrected chi connectivity index (χ2v) is 6.13. The normalized spacial score (nSPS) is 22.7. The molecule has 0 bridgehead atoms. The predicted molar refractivity (Wildman–Crippen MR) is 86.3 cm³/mol. The third kappa shape index (κ3) is 2.52. The fraction of sp³-hybridized carbons (Fsp3) is 0.444. The van der Waals surface area contributed by atoms with Gasteiger partial charge < -0.3 is 14.6 Å². The Kier molecular flexibility index (Phi) is 3.53. The van der Waals surface area contributed by atoms with Crippen LogP contribution in [0.25, 0.3) is 16.5 Å². The fourth-order valence-corrected chi connectivity index (χ4v) is 3.53. The molecule has 4 rings (SSSR count). The third-order valence-corrected chi connectivity index (χ3v) is 4.68. The largest absolute Gasteiger partial charge is 0.381 e. The van der Waals surface area contributed by atoms with Gasteiger partial charge in [-0.2, -0.15) is 0 Å². The molecular weight excluding hydrogens is 260 g/mol. The van der Waals surface area contributed by atoms with Gasteiger partial charge in [-0.3, -0.25) is 0 Å². The van der Waals surface area contributed by atoms with Gasteiger partial charge in [-0.1, -0.05) is 24.3 Å². The molecular formula is C18H22N2O. The molecule has 110 valence electrons. The van der Waals surface area contributed by atoms with Gasteiger partial charge in [0, 0.05) is 48.3 Å². The highest BCUT2D eigenvalue weighted by molar-refractivity contribution is 5.93. The predicted octanol–water partition coefficient (Wildman–Crippen LogP) is 3.05. The Balaban J connectivity index is 1.74. The average Bonchev–Trinajstić information content (AvgIpc) is 3.17. The Morgan fingerprint density at radius 3 is 3.05 bits per heavy atom. The molecule has 3 nitrogen and oxygen atoms in total. The topological polar surface area (TPSA) is 26.2 Å². The maximum absolute atomic E-state index is 5.53. The molecule has 1 saturated heterocycles. The van der Waals surface area contributed by atoms with E-state index in [9.17, 15) is 0 Å². The Labute approximate surface area is 125 Å². The number of aromatic nitrogens is 1. The first-order valence-corrected chi connectivity index (χ1v) is 7.97. The Bertz CT molecular complexity index is 665. The van der Waals surface area contributed by atoms with Gasteiger partial charge in [-0.15, -0.1) is 0 Å². The van der Waals surface area contributed by atoms with Crippen molar-refractivity contribution in [1.82, 2.24) is 9.88 Å². The summed E-state index contributed by atoms with van der Waals surface area (Å²) in [4.78, 5) is 0. The van der Waals surface area contributed by atoms with Gasteiger partial charge in [-0.25, -0.2) is 0 Å². The molecule has 1 unspecified atom stereocenters. The molecule has 21 heavy (non-hydrogen) atoms. The van der Waals surface area contributed by atoms with Crippen molar-refractivity contribution in [3.63, 3.8) is 0 Å². The van der Waals surface area contributed by atoms with Crippen LogP contribution in [0.3, 0.4) is 0 Å². The molecule has 0 aliphatic carbocycles. The molecule has 3 heteroatoms. The van der Waals surface area contributed by atoms with E-state index in [4.69, 9.17) is 4.74 Å². The van der Waals surface area contributed by atoms with E-state index in [0.29, 0.717) is 5.92 Å². The number of nitrogens with one attached hydrogen (secondary N) is 1. The maximum Gasteiger partial charge on any atom is 0.0512 e. The van der Waals surface area contributed by atoms with Crippen molar-refractivity contribution in [1.29, 1.82) is 0 Å². The number of ether oxygens (including phenoxy) is 1. The first kappa shape index (κ1) is 13.1. The summed E-state index contributed by atoms with van der Waals surface area (Å²) in [6, 6.07) is 8.80. The summed E-state index contributed by atoms with van der Waals surface area (Å²) in [5.74, 6) is 0.663. The van der Waals surface area contributed by atoms with E-state index < -0.39 is 0 Å². The van der Waals surface area contributed by atoms with Gasteiger partial charge in [0.05, 0.1) is 6.61 Å². The molecule has 0 radical (unpaired) electrons. The lowest BCUT2D eigenvalue weighted by molar-refractivity contribution is 0.183. The van der Waals surface area contributed by atoms with E-state index in [1.807, 2.05) is 0 Å². The number of nitrogens with zero attached hydrogens (tertiary/aromatic N) is 1. The minimum absolute atomic E-state index is 0.663. The Morgan fingerprint density at radius 1 is 1.29 bits per heavy atom. The van der Waals surface area contributed by atoms with Crippen LogP contribution in [0.4, 0.5) is 0 Å². The van der Waals surface area contributed by atoms with Gasteiger partial charge in [0.1, 0.15) is 0 Å². The second kappa shape index (κ2) is 5.66. The number of rotatable bonds is 3. The van der Waals surface area contributed by atoms with E-state index in [1.54, 1.807) is 0 Å². The number of hydrogen-bond acceptors (Lipinski definition) is 2. The van der Waals surface area contributed by atoms with Crippen molar-refractivity contribution in [3.8, 4) is 0 Å². The van der Waals surface area contributed by atoms with Gasteiger partial charge in [-0.05, 0) is 31.0 Å². The fourth-order valence-electron chi connectivity index (χ4n) is 3.53. The van der Waals surface area contributed by atoms with Crippen molar-refractivity contribution in [2.75, 3.05) is 26.3 Å². The smallest absolute Gasteiger partial charge is 0.0512 e. The van der Waals surface area contributed by atoms with E-state index >= 15 is 0 Å². The van der Waals surface area contributed by atoms with Crippen molar-refractivity contribution in [3.05, 3.63) is 42.1 Å². The van der Waals surface area contributed by atoms with Crippen LogP contribution < -0.4 is 5.32 Å². The molecule has 2 aliphatic heterocycles. The van der Waals surface area contributed by atoms with Crippen molar-refractivity contribution in [2.24, 2.45) is 5.92 Å². The summed E-state index contributed by atoms with van der Waals surface area (Å²) in [5, 5.41) is 4.79. The van der Waals surface area contributed by atoms with Crippen LogP contribution in [-0.4, -0.2) is 30.9 Å². The maximum atomic E-state index is 5.53. The number of hydrogen-bond donors (Lipinski definition) is 1. The SMILES string of the molecule is C1=C(c2cn(CC3CCOC3)c3ccccc23)CCNC1. The minimum Gasteiger partial charge on any atom is -0.381 e. The number of benzene rings is 1. The molecule has 2 aromatic rings. The zero-order valence-electron chi connectivity index (χ0n) is 12.3. The Morgan fingerprint density at radius 2 is 2.24 bits per heavy atom. The van der Waals surface area contributed by atoms with Crippen LogP contribution in [-0.2, 0) is 11.3 Å². The molecule has 1 aromatic carbocycles. The second-order valence-electron chi connectivity index (χ2n) is 6.13. The first-order valence-electron chi connectivity index (χ1n) is 7.97. The molecule has 0 amide bonds. The van der Waals surface area contributed by atoms with E-state index in [-0.39, 0.29) is 0 Å². The van der Waals surface area contributed by atoms with Crippen molar-refractivity contribution >= 4 is 16.5 Å². The lowest BCUT2D eigenvalue weighted by Crippen LogP contribution is -2.19. The van der Waals surface area contributed by atoms with E-state index in [2.05, 4.69) is 46.4 Å².